The van der Waals surface area contributed by atoms with Gasteiger partial charge in [0.15, 0.2) is 0 Å². The van der Waals surface area contributed by atoms with Crippen LogP contribution in [0.15, 0.2) is 18.2 Å². The highest BCUT2D eigenvalue weighted by molar-refractivity contribution is 6.31. The number of halogens is 1. The molecule has 0 unspecified atom stereocenters. The number of nitrogen functional groups attached to an aromatic ring is 1. The normalized spacial score (nSPS) is 10.5. The number of nitrogens with zero attached hydrogens (tertiary/aromatic N) is 3. The van der Waals surface area contributed by atoms with E-state index in [0.29, 0.717) is 11.6 Å². The summed E-state index contributed by atoms with van der Waals surface area (Å²) in [5.74, 6) is 0.272. The van der Waals surface area contributed by atoms with Crippen molar-refractivity contribution >= 4 is 17.5 Å². The monoisotopic (exact) mass is 252 g/mol. The van der Waals surface area contributed by atoms with Gasteiger partial charge in [0.1, 0.15) is 0 Å². The van der Waals surface area contributed by atoms with Gasteiger partial charge in [-0.15, -0.1) is 5.10 Å². The van der Waals surface area contributed by atoms with Crippen LogP contribution in [0.3, 0.4) is 0 Å². The molecule has 0 aliphatic heterocycles. The van der Waals surface area contributed by atoms with Crippen molar-refractivity contribution < 1.29 is 4.74 Å². The summed E-state index contributed by atoms with van der Waals surface area (Å²) in [6, 6.07) is 5.83. The largest absolute Gasteiger partial charge is 0.463 e. The SMILES string of the molecule is CCOc1nc(N)n(-c2ccc(C)c(Cl)c2)n1. The van der Waals surface area contributed by atoms with Gasteiger partial charge in [0.25, 0.3) is 0 Å². The van der Waals surface area contributed by atoms with Crippen molar-refractivity contribution in [3.05, 3.63) is 28.8 Å². The second-order valence-corrected chi connectivity index (χ2v) is 3.94. The molecule has 0 saturated heterocycles. The number of benzene rings is 1. The summed E-state index contributed by atoms with van der Waals surface area (Å²) < 4.78 is 6.68. The third-order valence-corrected chi connectivity index (χ3v) is 2.69. The summed E-state index contributed by atoms with van der Waals surface area (Å²) in [5.41, 5.74) is 7.52. The first-order valence-electron chi connectivity index (χ1n) is 5.23. The highest BCUT2D eigenvalue weighted by Crippen LogP contribution is 2.21. The van der Waals surface area contributed by atoms with Crippen molar-refractivity contribution in [1.82, 2.24) is 14.8 Å². The fraction of sp³-hybridized carbons (Fsp3) is 0.273. The number of anilines is 1. The molecule has 0 aliphatic rings. The minimum absolute atomic E-state index is 0.265. The average molecular weight is 253 g/mol. The average Bonchev–Trinajstić information content (AvgIpc) is 2.64. The number of hydrogen-bond acceptors (Lipinski definition) is 4. The Morgan fingerprint density at radius 3 is 2.88 bits per heavy atom. The molecular formula is C11H13ClN4O. The molecule has 2 rings (SSSR count). The van der Waals surface area contributed by atoms with Crippen LogP contribution >= 0.6 is 11.6 Å². The lowest BCUT2D eigenvalue weighted by atomic mass is 10.2. The first-order chi connectivity index (χ1) is 8.11. The lowest BCUT2D eigenvalue weighted by Gasteiger charge is -2.04. The Kier molecular flexibility index (Phi) is 3.19. The fourth-order valence-corrected chi connectivity index (χ4v) is 1.57. The highest BCUT2D eigenvalue weighted by atomic mass is 35.5. The second kappa shape index (κ2) is 4.63. The van der Waals surface area contributed by atoms with E-state index in [0.717, 1.165) is 11.3 Å². The zero-order chi connectivity index (χ0) is 12.4. The topological polar surface area (TPSA) is 66.0 Å². The zero-order valence-corrected chi connectivity index (χ0v) is 10.4. The Morgan fingerprint density at radius 1 is 1.47 bits per heavy atom. The highest BCUT2D eigenvalue weighted by Gasteiger charge is 2.10. The Balaban J connectivity index is 2.41. The smallest absolute Gasteiger partial charge is 0.337 e. The predicted octanol–water partition coefficient (Wildman–Crippen LogP) is 2.21. The molecule has 5 nitrogen and oxygen atoms in total. The summed E-state index contributed by atoms with van der Waals surface area (Å²) in [4.78, 5) is 3.99. The van der Waals surface area contributed by atoms with Crippen molar-refractivity contribution in [1.29, 1.82) is 0 Å². The molecule has 0 amide bonds. The molecule has 0 fully saturated rings. The quantitative estimate of drug-likeness (QED) is 0.910. The Labute approximate surface area is 104 Å². The predicted molar refractivity (Wildman–Crippen MR) is 66.7 cm³/mol. The van der Waals surface area contributed by atoms with Crippen LogP contribution in [0, 0.1) is 6.92 Å². The minimum Gasteiger partial charge on any atom is -0.463 e. The van der Waals surface area contributed by atoms with Crippen LogP contribution in [-0.4, -0.2) is 21.4 Å². The van der Waals surface area contributed by atoms with Gasteiger partial charge < -0.3 is 10.5 Å². The summed E-state index contributed by atoms with van der Waals surface area (Å²) in [6.45, 7) is 4.29. The van der Waals surface area contributed by atoms with Gasteiger partial charge in [-0.3, -0.25) is 0 Å². The summed E-state index contributed by atoms with van der Waals surface area (Å²) >= 11 is 6.05. The third-order valence-electron chi connectivity index (χ3n) is 2.29. The molecule has 1 aromatic heterocycles. The van der Waals surface area contributed by atoms with E-state index in [1.165, 1.54) is 4.68 Å². The molecule has 0 radical (unpaired) electrons. The summed E-state index contributed by atoms with van der Waals surface area (Å²) in [5, 5.41) is 4.80. The molecular weight excluding hydrogens is 240 g/mol. The standard InChI is InChI=1S/C11H13ClN4O/c1-3-17-11-14-10(13)16(15-11)8-5-4-7(2)9(12)6-8/h4-6H,3H2,1-2H3,(H2,13,14,15). The molecule has 0 aliphatic carbocycles. The maximum absolute atomic E-state index is 6.05. The third kappa shape index (κ3) is 2.34. The van der Waals surface area contributed by atoms with Crippen molar-refractivity contribution in [3.63, 3.8) is 0 Å². The number of aryl methyl sites for hydroxylation is 1. The van der Waals surface area contributed by atoms with E-state index in [1.807, 2.05) is 26.0 Å². The molecule has 0 atom stereocenters. The first kappa shape index (κ1) is 11.7. The van der Waals surface area contributed by atoms with Crippen LogP contribution in [0.25, 0.3) is 5.69 Å². The summed E-state index contributed by atoms with van der Waals surface area (Å²) in [7, 11) is 0. The Hall–Kier alpha value is -1.75. The maximum Gasteiger partial charge on any atom is 0.337 e. The molecule has 6 heteroatoms. The Bertz CT molecular complexity index is 538. The molecule has 2 N–H and O–H groups in total. The van der Waals surface area contributed by atoms with Crippen LogP contribution in [0.1, 0.15) is 12.5 Å². The number of ether oxygens (including phenoxy) is 1. The first-order valence-corrected chi connectivity index (χ1v) is 5.61. The van der Waals surface area contributed by atoms with Gasteiger partial charge >= 0.3 is 6.01 Å². The van der Waals surface area contributed by atoms with E-state index < -0.39 is 0 Å². The van der Waals surface area contributed by atoms with Crippen LogP contribution in [0.4, 0.5) is 5.95 Å². The summed E-state index contributed by atoms with van der Waals surface area (Å²) in [6.07, 6.45) is 0. The van der Waals surface area contributed by atoms with E-state index in [9.17, 15) is 0 Å². The molecule has 0 bridgehead atoms. The van der Waals surface area contributed by atoms with E-state index in [2.05, 4.69) is 10.1 Å². The van der Waals surface area contributed by atoms with E-state index in [-0.39, 0.29) is 12.0 Å². The van der Waals surface area contributed by atoms with Crippen molar-refractivity contribution in [2.45, 2.75) is 13.8 Å². The fourth-order valence-electron chi connectivity index (χ4n) is 1.40. The van der Waals surface area contributed by atoms with Gasteiger partial charge in [0.05, 0.1) is 12.3 Å². The minimum atomic E-state index is 0.265. The van der Waals surface area contributed by atoms with E-state index >= 15 is 0 Å². The maximum atomic E-state index is 6.05. The molecule has 0 spiro atoms. The van der Waals surface area contributed by atoms with Crippen LogP contribution in [0.2, 0.25) is 5.02 Å². The Morgan fingerprint density at radius 2 is 2.24 bits per heavy atom. The number of rotatable bonds is 3. The lowest BCUT2D eigenvalue weighted by Crippen LogP contribution is -2.02. The van der Waals surface area contributed by atoms with Crippen LogP contribution in [-0.2, 0) is 0 Å². The van der Waals surface area contributed by atoms with Crippen LogP contribution < -0.4 is 10.5 Å². The van der Waals surface area contributed by atoms with Crippen LogP contribution in [0.5, 0.6) is 6.01 Å². The van der Waals surface area contributed by atoms with Gasteiger partial charge in [-0.2, -0.15) is 9.67 Å². The van der Waals surface area contributed by atoms with Gasteiger partial charge in [-0.05, 0) is 31.5 Å². The van der Waals surface area contributed by atoms with E-state index in [1.54, 1.807) is 6.07 Å². The molecule has 1 heterocycles. The molecule has 1 aromatic carbocycles. The molecule has 2 aromatic rings. The van der Waals surface area contributed by atoms with Gasteiger partial charge in [-0.25, -0.2) is 0 Å². The molecule has 90 valence electrons. The van der Waals surface area contributed by atoms with Gasteiger partial charge in [0.2, 0.25) is 5.95 Å². The second-order valence-electron chi connectivity index (χ2n) is 3.53. The van der Waals surface area contributed by atoms with Crippen molar-refractivity contribution in [2.75, 3.05) is 12.3 Å². The van der Waals surface area contributed by atoms with Crippen molar-refractivity contribution in [2.24, 2.45) is 0 Å². The number of hydrogen-bond donors (Lipinski definition) is 1. The zero-order valence-electron chi connectivity index (χ0n) is 9.64. The van der Waals surface area contributed by atoms with Gasteiger partial charge in [-0.1, -0.05) is 17.7 Å². The lowest BCUT2D eigenvalue weighted by molar-refractivity contribution is 0.312. The molecule has 0 saturated carbocycles. The van der Waals surface area contributed by atoms with E-state index in [4.69, 9.17) is 22.1 Å². The number of nitrogens with two attached hydrogens (primary N) is 1. The number of aromatic nitrogens is 3. The molecule has 17 heavy (non-hydrogen) atoms. The van der Waals surface area contributed by atoms with Gasteiger partial charge in [0, 0.05) is 5.02 Å². The van der Waals surface area contributed by atoms with Crippen molar-refractivity contribution in [3.8, 4) is 11.7 Å².